The lowest BCUT2D eigenvalue weighted by Crippen LogP contribution is -1.99. The van der Waals surface area contributed by atoms with Crippen molar-refractivity contribution in [3.8, 4) is 34.3 Å². The lowest BCUT2D eigenvalue weighted by atomic mass is 9.98. The Balaban J connectivity index is 1.05. The minimum atomic E-state index is 0.594. The van der Waals surface area contributed by atoms with E-state index < -0.39 is 0 Å². The summed E-state index contributed by atoms with van der Waals surface area (Å²) in [7, 11) is 0. The third kappa shape index (κ3) is 4.45. The van der Waals surface area contributed by atoms with Crippen LogP contribution in [0.3, 0.4) is 0 Å². The van der Waals surface area contributed by atoms with E-state index >= 15 is 0 Å². The second-order valence-corrected chi connectivity index (χ2v) is 13.9. The molecule has 3 aromatic heterocycles. The fourth-order valence-corrected chi connectivity index (χ4v) is 8.74. The van der Waals surface area contributed by atoms with Gasteiger partial charge in [-0.3, -0.25) is 0 Å². The van der Waals surface area contributed by atoms with Crippen LogP contribution in [0, 0.1) is 17.9 Å². The topological polar surface area (TPSA) is 42.9 Å². The van der Waals surface area contributed by atoms with Crippen LogP contribution in [0.4, 0.5) is 5.69 Å². The summed E-state index contributed by atoms with van der Waals surface area (Å²) in [5, 5.41) is 17.6. The van der Waals surface area contributed by atoms with Crippen LogP contribution in [-0.2, 0) is 0 Å². The Morgan fingerprint density at radius 2 is 0.891 bits per heavy atom. The van der Waals surface area contributed by atoms with E-state index in [0.29, 0.717) is 11.3 Å². The van der Waals surface area contributed by atoms with Gasteiger partial charge in [0.15, 0.2) is 5.69 Å². The van der Waals surface area contributed by atoms with Crippen molar-refractivity contribution in [1.82, 2.24) is 13.7 Å². The van der Waals surface area contributed by atoms with Crippen molar-refractivity contribution in [3.05, 3.63) is 193 Å². The van der Waals surface area contributed by atoms with Crippen molar-refractivity contribution in [2.24, 2.45) is 0 Å². The van der Waals surface area contributed by atoms with Crippen LogP contribution in [0.1, 0.15) is 5.56 Å². The first kappa shape index (κ1) is 30.7. The molecule has 5 nitrogen and oxygen atoms in total. The molecule has 0 fully saturated rings. The fraction of sp³-hybridized carbons (Fsp3) is 0. The highest BCUT2D eigenvalue weighted by atomic mass is 15.0. The lowest BCUT2D eigenvalue weighted by Gasteiger charge is -2.14. The molecule has 0 amide bonds. The molecule has 3 heterocycles. The summed E-state index contributed by atoms with van der Waals surface area (Å²) in [5.74, 6) is 0. The minimum Gasteiger partial charge on any atom is -0.309 e. The average Bonchev–Trinajstić information content (AvgIpc) is 3.88. The number of hydrogen-bond donors (Lipinski definition) is 0. The lowest BCUT2D eigenvalue weighted by molar-refractivity contribution is 1.16. The van der Waals surface area contributed by atoms with Gasteiger partial charge in [0, 0.05) is 43.9 Å². The summed E-state index contributed by atoms with van der Waals surface area (Å²) in [6.07, 6.45) is 0. The van der Waals surface area contributed by atoms with E-state index in [1.807, 2.05) is 48.5 Å². The zero-order chi connectivity index (χ0) is 36.6. The molecule has 0 radical (unpaired) electrons. The standard InChI is InChI=1S/C50H29N5/c1-52-33-23-27-50-41(29-33)39-13-5-9-19-47(39)55(50)48-20-10-15-36(43(48)31-51)32-21-24-34(25-22-32)53-46-18-8-4-14-40(46)42-30-35(26-28-49(42)53)54-44-16-6-2-11-37(44)38-12-3-7-17-45(38)54/h2-30H. The number of nitriles is 1. The Labute approximate surface area is 316 Å². The van der Waals surface area contributed by atoms with E-state index in [1.165, 1.54) is 32.6 Å². The van der Waals surface area contributed by atoms with Crippen LogP contribution in [-0.4, -0.2) is 13.7 Å². The van der Waals surface area contributed by atoms with Gasteiger partial charge in [-0.15, -0.1) is 0 Å². The number of nitrogens with zero attached hydrogens (tertiary/aromatic N) is 5. The second kappa shape index (κ2) is 11.8. The third-order valence-electron chi connectivity index (χ3n) is 11.1. The molecule has 0 N–H and O–H groups in total. The van der Waals surface area contributed by atoms with Gasteiger partial charge in [-0.25, -0.2) is 4.85 Å². The zero-order valence-corrected chi connectivity index (χ0v) is 29.5. The van der Waals surface area contributed by atoms with Gasteiger partial charge in [0.1, 0.15) is 6.07 Å². The highest BCUT2D eigenvalue weighted by Gasteiger charge is 2.19. The maximum atomic E-state index is 10.7. The van der Waals surface area contributed by atoms with Gasteiger partial charge in [0.25, 0.3) is 0 Å². The SMILES string of the molecule is [C-]#[N+]c1ccc2c(c1)c1ccccc1n2-c1cccc(-c2ccc(-n3c4ccccc4c4cc(-n5c6ccccc6c6ccccc65)ccc43)cc2)c1C#N. The number of aromatic nitrogens is 3. The molecule has 11 rings (SSSR count). The van der Waals surface area contributed by atoms with Crippen molar-refractivity contribution in [1.29, 1.82) is 5.26 Å². The quantitative estimate of drug-likeness (QED) is 0.169. The predicted molar refractivity (Wildman–Crippen MR) is 226 cm³/mol. The summed E-state index contributed by atoms with van der Waals surface area (Å²) < 4.78 is 6.86. The molecular weight excluding hydrogens is 671 g/mol. The molecule has 0 aliphatic rings. The number of hydrogen-bond acceptors (Lipinski definition) is 1. The van der Waals surface area contributed by atoms with E-state index in [4.69, 9.17) is 6.57 Å². The molecule has 0 aliphatic carbocycles. The Kier molecular flexibility index (Phi) is 6.61. The first-order valence-corrected chi connectivity index (χ1v) is 18.3. The van der Waals surface area contributed by atoms with Gasteiger partial charge in [-0.05, 0) is 83.7 Å². The van der Waals surface area contributed by atoms with Gasteiger partial charge in [-0.1, -0.05) is 103 Å². The molecule has 0 bridgehead atoms. The Morgan fingerprint density at radius 1 is 0.418 bits per heavy atom. The molecule has 5 heteroatoms. The second-order valence-electron chi connectivity index (χ2n) is 13.9. The van der Waals surface area contributed by atoms with Crippen molar-refractivity contribution in [3.63, 3.8) is 0 Å². The summed E-state index contributed by atoms with van der Waals surface area (Å²) in [4.78, 5) is 3.68. The molecule has 0 spiro atoms. The maximum absolute atomic E-state index is 10.7. The smallest absolute Gasteiger partial charge is 0.188 e. The van der Waals surface area contributed by atoms with Crippen LogP contribution in [0.5, 0.6) is 0 Å². The summed E-state index contributed by atoms with van der Waals surface area (Å²) in [6.45, 7) is 7.58. The van der Waals surface area contributed by atoms with Crippen LogP contribution < -0.4 is 0 Å². The molecule has 0 saturated heterocycles. The molecule has 8 aromatic carbocycles. The van der Waals surface area contributed by atoms with Crippen LogP contribution in [0.15, 0.2) is 176 Å². The number of rotatable bonds is 4. The van der Waals surface area contributed by atoms with Crippen molar-refractivity contribution < 1.29 is 0 Å². The van der Waals surface area contributed by atoms with Gasteiger partial charge in [0.2, 0.25) is 0 Å². The van der Waals surface area contributed by atoms with Gasteiger partial charge < -0.3 is 13.7 Å². The highest BCUT2D eigenvalue weighted by molar-refractivity contribution is 6.13. The van der Waals surface area contributed by atoms with E-state index in [0.717, 1.165) is 61.0 Å². The van der Waals surface area contributed by atoms with Gasteiger partial charge >= 0.3 is 0 Å². The third-order valence-corrected chi connectivity index (χ3v) is 11.1. The van der Waals surface area contributed by atoms with Crippen molar-refractivity contribution in [2.75, 3.05) is 0 Å². The summed E-state index contributed by atoms with van der Waals surface area (Å²) in [5.41, 5.74) is 12.6. The van der Waals surface area contributed by atoms with Crippen molar-refractivity contribution >= 4 is 71.1 Å². The summed E-state index contributed by atoms with van der Waals surface area (Å²) >= 11 is 0. The largest absolute Gasteiger partial charge is 0.309 e. The molecule has 55 heavy (non-hydrogen) atoms. The van der Waals surface area contributed by atoms with Crippen molar-refractivity contribution in [2.45, 2.75) is 0 Å². The first-order chi connectivity index (χ1) is 27.2. The predicted octanol–water partition coefficient (Wildman–Crippen LogP) is 13.1. The Hall–Kier alpha value is -7.86. The van der Waals surface area contributed by atoms with Gasteiger partial charge in [-0.2, -0.15) is 5.26 Å². The van der Waals surface area contributed by atoms with E-state index in [1.54, 1.807) is 0 Å². The van der Waals surface area contributed by atoms with Crippen LogP contribution in [0.25, 0.3) is 98.5 Å². The number of benzene rings is 8. The fourth-order valence-electron chi connectivity index (χ4n) is 8.74. The zero-order valence-electron chi connectivity index (χ0n) is 29.5. The first-order valence-electron chi connectivity index (χ1n) is 18.3. The van der Waals surface area contributed by atoms with Gasteiger partial charge in [0.05, 0.1) is 50.9 Å². The molecule has 11 aromatic rings. The minimum absolute atomic E-state index is 0.594. The highest BCUT2D eigenvalue weighted by Crippen LogP contribution is 2.39. The molecule has 254 valence electrons. The van der Waals surface area contributed by atoms with E-state index in [-0.39, 0.29) is 0 Å². The molecule has 0 atom stereocenters. The monoisotopic (exact) mass is 699 g/mol. The Morgan fingerprint density at radius 3 is 1.49 bits per heavy atom. The number of para-hydroxylation sites is 4. The van der Waals surface area contributed by atoms with E-state index in [2.05, 4.69) is 152 Å². The summed E-state index contributed by atoms with van der Waals surface area (Å²) in [6, 6.07) is 63.8. The maximum Gasteiger partial charge on any atom is 0.188 e. The normalized spacial score (nSPS) is 11.6. The van der Waals surface area contributed by atoms with Crippen LogP contribution in [0.2, 0.25) is 0 Å². The molecule has 0 saturated carbocycles. The van der Waals surface area contributed by atoms with E-state index in [9.17, 15) is 5.26 Å². The molecular formula is C50H29N5. The van der Waals surface area contributed by atoms with Crippen LogP contribution >= 0.6 is 0 Å². The average molecular weight is 700 g/mol. The molecule has 0 aliphatic heterocycles. The molecule has 0 unspecified atom stereocenters. The number of fused-ring (bicyclic) bond motifs is 9. The Bertz CT molecular complexity index is 3400.